The van der Waals surface area contributed by atoms with E-state index < -0.39 is 0 Å². The first-order chi connectivity index (χ1) is 13.1. The Bertz CT molecular complexity index is 1000. The molecule has 1 aliphatic rings. The molecule has 0 fully saturated rings. The van der Waals surface area contributed by atoms with Crippen LogP contribution in [0.25, 0.3) is 0 Å². The Balaban J connectivity index is 1.63. The number of aryl methyl sites for hydroxylation is 1. The lowest BCUT2D eigenvalue weighted by Gasteiger charge is -2.13. The number of aromatic nitrogens is 1. The summed E-state index contributed by atoms with van der Waals surface area (Å²) in [6.45, 7) is 2.12. The quantitative estimate of drug-likeness (QED) is 0.488. The highest BCUT2D eigenvalue weighted by Gasteiger charge is 2.38. The second kappa shape index (κ2) is 7.37. The summed E-state index contributed by atoms with van der Waals surface area (Å²) in [5.41, 5.74) is 3.71. The molecule has 1 aliphatic heterocycles. The molecule has 0 unspecified atom stereocenters. The van der Waals surface area contributed by atoms with Gasteiger partial charge in [-0.2, -0.15) is 0 Å². The number of thioether (sulfide) groups is 1. The summed E-state index contributed by atoms with van der Waals surface area (Å²) in [7, 11) is 0. The number of benzene rings is 2. The first-order valence-corrected chi connectivity index (χ1v) is 9.70. The Morgan fingerprint density at radius 3 is 2.19 bits per heavy atom. The Morgan fingerprint density at radius 2 is 1.52 bits per heavy atom. The lowest BCUT2D eigenvalue weighted by atomic mass is 10.1. The summed E-state index contributed by atoms with van der Waals surface area (Å²) in [6, 6.07) is 21.3. The number of pyridine rings is 1. The number of amides is 2. The molecular formula is C22H18N2O2S. The van der Waals surface area contributed by atoms with Crippen LogP contribution < -0.4 is 0 Å². The van der Waals surface area contributed by atoms with Gasteiger partial charge in [-0.3, -0.25) is 14.5 Å². The van der Waals surface area contributed by atoms with Crippen molar-refractivity contribution in [2.45, 2.75) is 24.2 Å². The van der Waals surface area contributed by atoms with Crippen LogP contribution in [0.1, 0.15) is 37.5 Å². The molecular weight excluding hydrogens is 356 g/mol. The Hall–Kier alpha value is -2.92. The first kappa shape index (κ1) is 17.5. The Labute approximate surface area is 162 Å². The normalized spacial score (nSPS) is 13.1. The van der Waals surface area contributed by atoms with Crippen molar-refractivity contribution in [3.63, 3.8) is 0 Å². The van der Waals surface area contributed by atoms with E-state index in [9.17, 15) is 9.59 Å². The third-order valence-electron chi connectivity index (χ3n) is 4.45. The molecule has 0 spiro atoms. The standard InChI is InChI=1S/C22H18N2O2S/c1-15-12-18-19(20(23-15)27-14-17-10-6-3-7-11-17)22(26)24(21(18)25)13-16-8-4-2-5-9-16/h2-12H,13-14H2,1H3. The maximum absolute atomic E-state index is 13.0. The number of carbonyl (C=O) groups excluding carboxylic acids is 2. The maximum Gasteiger partial charge on any atom is 0.264 e. The molecule has 4 rings (SSSR count). The van der Waals surface area contributed by atoms with Crippen LogP contribution in [0.5, 0.6) is 0 Å². The average Bonchev–Trinajstić information content (AvgIpc) is 2.92. The van der Waals surface area contributed by atoms with Gasteiger partial charge < -0.3 is 0 Å². The van der Waals surface area contributed by atoms with E-state index in [0.717, 1.165) is 16.8 Å². The highest BCUT2D eigenvalue weighted by molar-refractivity contribution is 7.98. The zero-order valence-electron chi connectivity index (χ0n) is 14.9. The summed E-state index contributed by atoms with van der Waals surface area (Å²) >= 11 is 1.50. The van der Waals surface area contributed by atoms with E-state index in [1.807, 2.05) is 67.6 Å². The van der Waals surface area contributed by atoms with E-state index >= 15 is 0 Å². The number of rotatable bonds is 5. The van der Waals surface area contributed by atoms with Crippen molar-refractivity contribution < 1.29 is 9.59 Å². The van der Waals surface area contributed by atoms with Gasteiger partial charge in [0.15, 0.2) is 0 Å². The zero-order valence-corrected chi connectivity index (χ0v) is 15.7. The fourth-order valence-electron chi connectivity index (χ4n) is 3.13. The molecule has 0 saturated carbocycles. The van der Waals surface area contributed by atoms with Crippen molar-refractivity contribution in [2.24, 2.45) is 0 Å². The number of hydrogen-bond donors (Lipinski definition) is 0. The number of imide groups is 1. The lowest BCUT2D eigenvalue weighted by Crippen LogP contribution is -2.29. The molecule has 0 aliphatic carbocycles. The van der Waals surface area contributed by atoms with Crippen molar-refractivity contribution in [3.8, 4) is 0 Å². The van der Waals surface area contributed by atoms with E-state index in [2.05, 4.69) is 4.98 Å². The van der Waals surface area contributed by atoms with Gasteiger partial charge in [-0.15, -0.1) is 11.8 Å². The van der Waals surface area contributed by atoms with Crippen LogP contribution >= 0.6 is 11.8 Å². The molecule has 0 atom stereocenters. The van der Waals surface area contributed by atoms with Gasteiger partial charge in [-0.25, -0.2) is 4.98 Å². The van der Waals surface area contributed by atoms with Crippen molar-refractivity contribution >= 4 is 23.6 Å². The van der Waals surface area contributed by atoms with Crippen LogP contribution in [-0.4, -0.2) is 21.7 Å². The van der Waals surface area contributed by atoms with Gasteiger partial charge in [0.05, 0.1) is 17.7 Å². The van der Waals surface area contributed by atoms with Gasteiger partial charge in [-0.05, 0) is 24.1 Å². The van der Waals surface area contributed by atoms with Gasteiger partial charge in [0.2, 0.25) is 0 Å². The summed E-state index contributed by atoms with van der Waals surface area (Å²) in [4.78, 5) is 31.7. The third-order valence-corrected chi connectivity index (χ3v) is 5.50. The molecule has 3 aromatic rings. The van der Waals surface area contributed by atoms with Crippen LogP contribution in [0.2, 0.25) is 0 Å². The second-order valence-corrected chi connectivity index (χ2v) is 7.41. The topological polar surface area (TPSA) is 50.3 Å². The van der Waals surface area contributed by atoms with Gasteiger partial charge in [-0.1, -0.05) is 60.7 Å². The summed E-state index contributed by atoms with van der Waals surface area (Å²) in [6.07, 6.45) is 0. The van der Waals surface area contributed by atoms with Crippen LogP contribution in [0.3, 0.4) is 0 Å². The molecule has 0 N–H and O–H groups in total. The van der Waals surface area contributed by atoms with E-state index in [1.54, 1.807) is 6.07 Å². The minimum Gasteiger partial charge on any atom is -0.270 e. The number of carbonyl (C=O) groups is 2. The molecule has 2 aromatic carbocycles. The summed E-state index contributed by atoms with van der Waals surface area (Å²) in [5, 5.41) is 0.628. The molecule has 0 radical (unpaired) electrons. The number of fused-ring (bicyclic) bond motifs is 1. The van der Waals surface area contributed by atoms with Crippen molar-refractivity contribution in [1.82, 2.24) is 9.88 Å². The van der Waals surface area contributed by atoms with Crippen LogP contribution in [-0.2, 0) is 12.3 Å². The molecule has 5 heteroatoms. The highest BCUT2D eigenvalue weighted by atomic mass is 32.2. The van der Waals surface area contributed by atoms with Crippen molar-refractivity contribution in [1.29, 1.82) is 0 Å². The monoisotopic (exact) mass is 374 g/mol. The molecule has 4 nitrogen and oxygen atoms in total. The summed E-state index contributed by atoms with van der Waals surface area (Å²) in [5.74, 6) is 0.192. The minimum absolute atomic E-state index is 0.245. The third kappa shape index (κ3) is 3.51. The molecule has 134 valence electrons. The smallest absolute Gasteiger partial charge is 0.264 e. The molecule has 2 amide bonds. The molecule has 0 saturated heterocycles. The number of nitrogens with zero attached hydrogens (tertiary/aromatic N) is 2. The van der Waals surface area contributed by atoms with E-state index in [4.69, 9.17) is 0 Å². The highest BCUT2D eigenvalue weighted by Crippen LogP contribution is 2.33. The van der Waals surface area contributed by atoms with Gasteiger partial charge in [0, 0.05) is 11.4 Å². The molecule has 2 heterocycles. The van der Waals surface area contributed by atoms with Crippen LogP contribution in [0, 0.1) is 6.92 Å². The second-order valence-electron chi connectivity index (χ2n) is 6.45. The molecule has 0 bridgehead atoms. The van der Waals surface area contributed by atoms with Crippen LogP contribution in [0.15, 0.2) is 71.8 Å². The van der Waals surface area contributed by atoms with Crippen molar-refractivity contribution in [2.75, 3.05) is 0 Å². The predicted octanol–water partition coefficient (Wildman–Crippen LogP) is 4.48. The van der Waals surface area contributed by atoms with Gasteiger partial charge in [0.25, 0.3) is 11.8 Å². The van der Waals surface area contributed by atoms with Crippen molar-refractivity contribution in [3.05, 3.63) is 94.7 Å². The van der Waals surface area contributed by atoms with Gasteiger partial charge >= 0.3 is 0 Å². The fraction of sp³-hybridized carbons (Fsp3) is 0.136. The first-order valence-electron chi connectivity index (χ1n) is 8.72. The summed E-state index contributed by atoms with van der Waals surface area (Å²) < 4.78 is 0. The SMILES string of the molecule is Cc1cc2c(c(SCc3ccccc3)n1)C(=O)N(Cc1ccccc1)C2=O. The Morgan fingerprint density at radius 1 is 0.889 bits per heavy atom. The average molecular weight is 374 g/mol. The predicted molar refractivity (Wildman–Crippen MR) is 106 cm³/mol. The van der Waals surface area contributed by atoms with E-state index in [1.165, 1.54) is 16.7 Å². The van der Waals surface area contributed by atoms with E-state index in [-0.39, 0.29) is 18.4 Å². The maximum atomic E-state index is 13.0. The minimum atomic E-state index is -0.262. The van der Waals surface area contributed by atoms with Crippen LogP contribution in [0.4, 0.5) is 0 Å². The zero-order chi connectivity index (χ0) is 18.8. The molecule has 1 aromatic heterocycles. The largest absolute Gasteiger partial charge is 0.270 e. The Kier molecular flexibility index (Phi) is 4.77. The van der Waals surface area contributed by atoms with Gasteiger partial charge in [0.1, 0.15) is 5.03 Å². The van der Waals surface area contributed by atoms with E-state index in [0.29, 0.717) is 21.9 Å². The number of hydrogen-bond acceptors (Lipinski definition) is 4. The fourth-order valence-corrected chi connectivity index (χ4v) is 4.18. The lowest BCUT2D eigenvalue weighted by molar-refractivity contribution is 0.0641. The molecule has 27 heavy (non-hydrogen) atoms.